The first-order chi connectivity index (χ1) is 8.40. The quantitative estimate of drug-likeness (QED) is 0.643. The molecule has 0 aliphatic heterocycles. The standard InChI is InChI=1S/C12H16N2O3S/c1-8-4-5-9(2)10(6-8)13-12(18)14(3)17-7-11(15)16/h4-6H,7H2,1-3H3,(H,13,18)(H,15,16). The summed E-state index contributed by atoms with van der Waals surface area (Å²) in [4.78, 5) is 15.3. The van der Waals surface area contributed by atoms with E-state index in [4.69, 9.17) is 22.2 Å². The minimum atomic E-state index is -1.05. The van der Waals surface area contributed by atoms with Crippen molar-refractivity contribution in [2.24, 2.45) is 0 Å². The second kappa shape index (κ2) is 6.32. The summed E-state index contributed by atoms with van der Waals surface area (Å²) in [6, 6.07) is 5.96. The molecule has 0 unspecified atom stereocenters. The number of hydrogen-bond acceptors (Lipinski definition) is 3. The van der Waals surface area contributed by atoms with Gasteiger partial charge in [-0.05, 0) is 43.3 Å². The maximum Gasteiger partial charge on any atom is 0.332 e. The van der Waals surface area contributed by atoms with Crippen LogP contribution in [0.5, 0.6) is 0 Å². The second-order valence-electron chi connectivity index (χ2n) is 3.91. The van der Waals surface area contributed by atoms with E-state index in [1.54, 1.807) is 7.05 Å². The van der Waals surface area contributed by atoms with Crippen LogP contribution in [0.25, 0.3) is 0 Å². The molecule has 0 radical (unpaired) electrons. The van der Waals surface area contributed by atoms with Crippen molar-refractivity contribution in [3.63, 3.8) is 0 Å². The van der Waals surface area contributed by atoms with E-state index >= 15 is 0 Å². The van der Waals surface area contributed by atoms with Crippen molar-refractivity contribution in [2.45, 2.75) is 13.8 Å². The molecule has 0 bridgehead atoms. The highest BCUT2D eigenvalue weighted by molar-refractivity contribution is 7.80. The van der Waals surface area contributed by atoms with Crippen LogP contribution in [0.4, 0.5) is 5.69 Å². The minimum absolute atomic E-state index is 0.310. The number of hydrogen-bond donors (Lipinski definition) is 2. The van der Waals surface area contributed by atoms with Crippen molar-refractivity contribution in [3.05, 3.63) is 29.3 Å². The summed E-state index contributed by atoms with van der Waals surface area (Å²) >= 11 is 5.11. The number of carbonyl (C=O) groups is 1. The summed E-state index contributed by atoms with van der Waals surface area (Å²) in [6.07, 6.45) is 0. The zero-order valence-electron chi connectivity index (χ0n) is 10.6. The summed E-state index contributed by atoms with van der Waals surface area (Å²) in [5.74, 6) is -1.05. The number of aliphatic carboxylic acids is 1. The molecule has 2 N–H and O–H groups in total. The number of carboxylic acid groups (broad SMARTS) is 1. The molecule has 98 valence electrons. The van der Waals surface area contributed by atoms with Gasteiger partial charge in [0, 0.05) is 12.7 Å². The van der Waals surface area contributed by atoms with Crippen LogP contribution in [0.3, 0.4) is 0 Å². The third-order valence-corrected chi connectivity index (χ3v) is 2.66. The van der Waals surface area contributed by atoms with Crippen molar-refractivity contribution < 1.29 is 14.7 Å². The lowest BCUT2D eigenvalue weighted by molar-refractivity contribution is -0.155. The van der Waals surface area contributed by atoms with Crippen LogP contribution in [-0.2, 0) is 9.63 Å². The fourth-order valence-corrected chi connectivity index (χ4v) is 1.44. The molecule has 18 heavy (non-hydrogen) atoms. The van der Waals surface area contributed by atoms with Crippen LogP contribution >= 0.6 is 12.2 Å². The first-order valence-corrected chi connectivity index (χ1v) is 5.77. The van der Waals surface area contributed by atoms with E-state index in [-0.39, 0.29) is 0 Å². The van der Waals surface area contributed by atoms with Gasteiger partial charge in [-0.2, -0.15) is 0 Å². The van der Waals surface area contributed by atoms with Crippen LogP contribution in [0.1, 0.15) is 11.1 Å². The topological polar surface area (TPSA) is 61.8 Å². The van der Waals surface area contributed by atoms with E-state index in [0.29, 0.717) is 5.11 Å². The molecule has 0 aromatic heterocycles. The Kier molecular flexibility index (Phi) is 5.06. The largest absolute Gasteiger partial charge is 0.479 e. The van der Waals surface area contributed by atoms with Gasteiger partial charge < -0.3 is 10.4 Å². The van der Waals surface area contributed by atoms with E-state index < -0.39 is 12.6 Å². The fourth-order valence-electron chi connectivity index (χ4n) is 1.28. The monoisotopic (exact) mass is 268 g/mol. The Balaban J connectivity index is 2.63. The number of hydroxylamine groups is 2. The van der Waals surface area contributed by atoms with Gasteiger partial charge in [-0.15, -0.1) is 0 Å². The molecule has 0 saturated heterocycles. The van der Waals surface area contributed by atoms with E-state index in [1.165, 1.54) is 5.06 Å². The normalized spacial score (nSPS) is 9.94. The molecule has 1 aromatic rings. The third-order valence-electron chi connectivity index (χ3n) is 2.30. The molecule has 0 aliphatic rings. The fraction of sp³-hybridized carbons (Fsp3) is 0.333. The highest BCUT2D eigenvalue weighted by atomic mass is 32.1. The summed E-state index contributed by atoms with van der Waals surface area (Å²) < 4.78 is 0. The summed E-state index contributed by atoms with van der Waals surface area (Å²) in [7, 11) is 1.56. The van der Waals surface area contributed by atoms with Crippen molar-refractivity contribution in [1.82, 2.24) is 5.06 Å². The maximum atomic E-state index is 10.4. The van der Waals surface area contributed by atoms with Gasteiger partial charge in [-0.1, -0.05) is 12.1 Å². The van der Waals surface area contributed by atoms with E-state index in [1.807, 2.05) is 32.0 Å². The molecule has 0 amide bonds. The zero-order chi connectivity index (χ0) is 13.7. The van der Waals surface area contributed by atoms with Gasteiger partial charge in [0.15, 0.2) is 11.7 Å². The number of thiocarbonyl (C=S) groups is 1. The average Bonchev–Trinajstić information content (AvgIpc) is 2.30. The summed E-state index contributed by atoms with van der Waals surface area (Å²) in [6.45, 7) is 3.52. The first kappa shape index (κ1) is 14.4. The van der Waals surface area contributed by atoms with E-state index in [2.05, 4.69) is 5.32 Å². The Hall–Kier alpha value is -1.66. The van der Waals surface area contributed by atoms with Gasteiger partial charge in [0.25, 0.3) is 0 Å². The van der Waals surface area contributed by atoms with Crippen molar-refractivity contribution in [3.8, 4) is 0 Å². The van der Waals surface area contributed by atoms with Crippen molar-refractivity contribution in [1.29, 1.82) is 0 Å². The molecule has 0 fully saturated rings. The number of carboxylic acids is 1. The Morgan fingerprint density at radius 2 is 2.17 bits per heavy atom. The zero-order valence-corrected chi connectivity index (χ0v) is 11.4. The molecule has 0 atom stereocenters. The highest BCUT2D eigenvalue weighted by Crippen LogP contribution is 2.16. The molecule has 0 saturated carbocycles. The number of anilines is 1. The van der Waals surface area contributed by atoms with Crippen molar-refractivity contribution in [2.75, 3.05) is 19.0 Å². The first-order valence-electron chi connectivity index (χ1n) is 5.37. The van der Waals surface area contributed by atoms with Gasteiger partial charge in [0.2, 0.25) is 0 Å². The SMILES string of the molecule is Cc1ccc(C)c(NC(=S)N(C)OCC(=O)O)c1. The van der Waals surface area contributed by atoms with E-state index in [9.17, 15) is 4.79 Å². The number of nitrogens with one attached hydrogen (secondary N) is 1. The highest BCUT2D eigenvalue weighted by Gasteiger charge is 2.08. The number of benzene rings is 1. The molecule has 6 heteroatoms. The van der Waals surface area contributed by atoms with Crippen LogP contribution < -0.4 is 5.32 Å². The lowest BCUT2D eigenvalue weighted by Gasteiger charge is -2.20. The lowest BCUT2D eigenvalue weighted by atomic mass is 10.1. The molecule has 5 nitrogen and oxygen atoms in total. The Morgan fingerprint density at radius 1 is 1.50 bits per heavy atom. The number of aryl methyl sites for hydroxylation is 2. The van der Waals surface area contributed by atoms with E-state index in [0.717, 1.165) is 16.8 Å². The molecular weight excluding hydrogens is 252 g/mol. The molecule has 0 heterocycles. The summed E-state index contributed by atoms with van der Waals surface area (Å²) in [5, 5.41) is 13.1. The van der Waals surface area contributed by atoms with Gasteiger partial charge >= 0.3 is 5.97 Å². The van der Waals surface area contributed by atoms with Crippen LogP contribution in [0, 0.1) is 13.8 Å². The second-order valence-corrected chi connectivity index (χ2v) is 4.30. The van der Waals surface area contributed by atoms with Crippen LogP contribution in [0.2, 0.25) is 0 Å². The molecule has 1 aromatic carbocycles. The van der Waals surface area contributed by atoms with Crippen LogP contribution in [-0.4, -0.2) is 34.9 Å². The number of nitrogens with zero attached hydrogens (tertiary/aromatic N) is 1. The van der Waals surface area contributed by atoms with Crippen molar-refractivity contribution >= 4 is 29.0 Å². The maximum absolute atomic E-state index is 10.4. The molecule has 0 aliphatic carbocycles. The minimum Gasteiger partial charge on any atom is -0.479 e. The Labute approximate surface area is 111 Å². The third kappa shape index (κ3) is 4.31. The number of rotatable bonds is 4. The lowest BCUT2D eigenvalue weighted by Crippen LogP contribution is -2.33. The van der Waals surface area contributed by atoms with Gasteiger partial charge in [-0.3, -0.25) is 4.84 Å². The van der Waals surface area contributed by atoms with Gasteiger partial charge in [0.05, 0.1) is 0 Å². The van der Waals surface area contributed by atoms with Crippen LogP contribution in [0.15, 0.2) is 18.2 Å². The predicted molar refractivity (Wildman–Crippen MR) is 73.5 cm³/mol. The van der Waals surface area contributed by atoms with Gasteiger partial charge in [0.1, 0.15) is 0 Å². The Bertz CT molecular complexity index is 463. The Morgan fingerprint density at radius 3 is 2.78 bits per heavy atom. The predicted octanol–water partition coefficient (Wildman–Crippen LogP) is 1.95. The summed E-state index contributed by atoms with van der Waals surface area (Å²) in [5.41, 5.74) is 3.04. The smallest absolute Gasteiger partial charge is 0.332 e. The molecular formula is C12H16N2O3S. The van der Waals surface area contributed by atoms with Gasteiger partial charge in [-0.25, -0.2) is 9.86 Å². The molecule has 1 rings (SSSR count). The average molecular weight is 268 g/mol. The molecule has 0 spiro atoms.